The van der Waals surface area contributed by atoms with Gasteiger partial charge >= 0.3 is 0 Å². The van der Waals surface area contributed by atoms with E-state index in [4.69, 9.17) is 9.97 Å². The molecule has 0 unspecified atom stereocenters. The number of rotatable bonds is 5. The Bertz CT molecular complexity index is 1820. The molecule has 11 heteroatoms. The summed E-state index contributed by atoms with van der Waals surface area (Å²) in [6.45, 7) is 0. The molecule has 9 nitrogen and oxygen atoms in total. The van der Waals surface area contributed by atoms with Crippen LogP contribution in [0.25, 0.3) is 55.4 Å². The normalized spacial score (nSPS) is 14.0. The number of nitrogens with one attached hydrogen (secondary N) is 3. The topological polar surface area (TPSA) is 125 Å². The van der Waals surface area contributed by atoms with Crippen molar-refractivity contribution < 1.29 is 9.18 Å². The number of thiophene rings is 1. The molecule has 0 atom stereocenters. The molecule has 0 bridgehead atoms. The van der Waals surface area contributed by atoms with Gasteiger partial charge in [-0.1, -0.05) is 12.8 Å². The molecule has 0 radical (unpaired) electrons. The molecule has 1 saturated carbocycles. The number of hydrogen-bond donors (Lipinski definition) is 3. The van der Waals surface area contributed by atoms with Crippen LogP contribution in [0, 0.1) is 11.0 Å². The molecule has 188 valence electrons. The Morgan fingerprint density at radius 2 is 1.95 bits per heavy atom. The fourth-order valence-electron chi connectivity index (χ4n) is 4.99. The van der Waals surface area contributed by atoms with Crippen LogP contribution in [0.15, 0.2) is 55.0 Å². The number of halogens is 1. The Hall–Kier alpha value is -4.51. The third-order valence-corrected chi connectivity index (χ3v) is 7.79. The number of aromatic amines is 2. The fourth-order valence-corrected chi connectivity index (χ4v) is 5.74. The van der Waals surface area contributed by atoms with Crippen molar-refractivity contribution in [2.24, 2.45) is 5.92 Å². The first-order valence-corrected chi connectivity index (χ1v) is 13.2. The van der Waals surface area contributed by atoms with Crippen LogP contribution >= 0.6 is 11.3 Å². The molecule has 6 heterocycles. The predicted octanol–water partition coefficient (Wildman–Crippen LogP) is 5.95. The summed E-state index contributed by atoms with van der Waals surface area (Å²) in [6.07, 6.45) is 9.10. The molecule has 1 aliphatic rings. The Morgan fingerprint density at radius 3 is 2.79 bits per heavy atom. The van der Waals surface area contributed by atoms with E-state index < -0.39 is 0 Å². The standard InChI is InChI=1S/C27H21FN8OS/c28-21-8-7-20(38-21)17-9-10-30-25-22(17)33-26(34-25)24-23-19(35-36-24)6-5-18(32-23)15-11-16(13-29-12-15)31-27(37)14-3-1-2-4-14/h5-14H,1-4H2,(H,31,37)(H,35,36)(H,30,33,34). The Morgan fingerprint density at radius 1 is 1.05 bits per heavy atom. The Balaban J connectivity index is 1.24. The van der Waals surface area contributed by atoms with Crippen LogP contribution in [-0.2, 0) is 4.79 Å². The molecule has 7 rings (SSSR count). The van der Waals surface area contributed by atoms with Crippen LogP contribution in [0.3, 0.4) is 0 Å². The molecule has 6 aromatic rings. The molecule has 38 heavy (non-hydrogen) atoms. The van der Waals surface area contributed by atoms with E-state index in [0.717, 1.165) is 58.5 Å². The van der Waals surface area contributed by atoms with Gasteiger partial charge in [0.05, 0.1) is 23.1 Å². The highest BCUT2D eigenvalue weighted by atomic mass is 32.1. The maximum absolute atomic E-state index is 13.7. The predicted molar refractivity (Wildman–Crippen MR) is 144 cm³/mol. The molecule has 1 amide bonds. The summed E-state index contributed by atoms with van der Waals surface area (Å²) in [5.41, 5.74) is 6.03. The van der Waals surface area contributed by atoms with E-state index in [1.807, 2.05) is 24.3 Å². The SMILES string of the molecule is O=C(Nc1cncc(-c2ccc3[nH]nc(-c4nc5c(-c6ccc(F)s6)ccnc5[nH]4)c3n2)c1)C1CCCC1. The quantitative estimate of drug-likeness (QED) is 0.256. The number of aromatic nitrogens is 7. The number of fused-ring (bicyclic) bond motifs is 2. The summed E-state index contributed by atoms with van der Waals surface area (Å²) in [7, 11) is 0. The van der Waals surface area contributed by atoms with Crippen molar-refractivity contribution in [3.63, 3.8) is 0 Å². The van der Waals surface area contributed by atoms with E-state index in [0.29, 0.717) is 39.6 Å². The van der Waals surface area contributed by atoms with Gasteiger partial charge in [-0.05, 0) is 49.2 Å². The van der Waals surface area contributed by atoms with Gasteiger partial charge in [0.15, 0.2) is 22.3 Å². The molecule has 0 aromatic carbocycles. The summed E-state index contributed by atoms with van der Waals surface area (Å²) in [6, 6.07) is 10.7. The number of anilines is 1. The lowest BCUT2D eigenvalue weighted by Crippen LogP contribution is -2.20. The highest BCUT2D eigenvalue weighted by molar-refractivity contribution is 7.14. The maximum Gasteiger partial charge on any atom is 0.227 e. The van der Waals surface area contributed by atoms with Gasteiger partial charge in [-0.2, -0.15) is 9.49 Å². The lowest BCUT2D eigenvalue weighted by atomic mass is 10.1. The van der Waals surface area contributed by atoms with E-state index in [1.165, 1.54) is 6.07 Å². The first kappa shape index (κ1) is 22.7. The molecule has 0 saturated heterocycles. The van der Waals surface area contributed by atoms with Crippen molar-refractivity contribution in [3.05, 3.63) is 60.1 Å². The zero-order chi connectivity index (χ0) is 25.6. The van der Waals surface area contributed by atoms with Gasteiger partial charge < -0.3 is 10.3 Å². The first-order chi connectivity index (χ1) is 18.6. The third-order valence-electron chi connectivity index (χ3n) is 6.88. The number of H-pyrrole nitrogens is 2. The van der Waals surface area contributed by atoms with Gasteiger partial charge in [-0.15, -0.1) is 11.3 Å². The number of carbonyl (C=O) groups is 1. The molecule has 1 fully saturated rings. The average molecular weight is 525 g/mol. The first-order valence-electron chi connectivity index (χ1n) is 12.3. The summed E-state index contributed by atoms with van der Waals surface area (Å²) < 4.78 is 13.7. The van der Waals surface area contributed by atoms with Crippen molar-refractivity contribution in [1.82, 2.24) is 35.1 Å². The second-order valence-corrected chi connectivity index (χ2v) is 10.4. The van der Waals surface area contributed by atoms with Crippen LogP contribution in [0.2, 0.25) is 0 Å². The largest absolute Gasteiger partial charge is 0.324 e. The van der Waals surface area contributed by atoms with E-state index in [2.05, 4.69) is 30.5 Å². The number of imidazole rings is 1. The fraction of sp³-hybridized carbons (Fsp3) is 0.185. The van der Waals surface area contributed by atoms with Crippen LogP contribution in [0.4, 0.5) is 10.1 Å². The molecule has 1 aliphatic carbocycles. The molecule has 0 spiro atoms. The van der Waals surface area contributed by atoms with Crippen molar-refractivity contribution >= 4 is 45.1 Å². The second kappa shape index (κ2) is 9.10. The van der Waals surface area contributed by atoms with Gasteiger partial charge in [0.2, 0.25) is 5.91 Å². The van der Waals surface area contributed by atoms with Gasteiger partial charge in [0.25, 0.3) is 0 Å². The number of hydrogen-bond acceptors (Lipinski definition) is 7. The summed E-state index contributed by atoms with van der Waals surface area (Å²) in [5.74, 6) is 0.619. The van der Waals surface area contributed by atoms with Gasteiger partial charge in [-0.25, -0.2) is 15.0 Å². The highest BCUT2D eigenvalue weighted by Gasteiger charge is 2.23. The van der Waals surface area contributed by atoms with Gasteiger partial charge in [-0.3, -0.25) is 14.9 Å². The minimum atomic E-state index is -0.257. The molecular formula is C27H21FN8OS. The van der Waals surface area contributed by atoms with E-state index in [1.54, 1.807) is 24.7 Å². The van der Waals surface area contributed by atoms with Crippen LogP contribution in [0.1, 0.15) is 25.7 Å². The van der Waals surface area contributed by atoms with Crippen LogP contribution in [-0.4, -0.2) is 41.0 Å². The van der Waals surface area contributed by atoms with Crippen molar-refractivity contribution in [3.8, 4) is 33.2 Å². The lowest BCUT2D eigenvalue weighted by Gasteiger charge is -2.11. The van der Waals surface area contributed by atoms with Crippen LogP contribution < -0.4 is 5.32 Å². The molecular weight excluding hydrogens is 503 g/mol. The molecule has 3 N–H and O–H groups in total. The summed E-state index contributed by atoms with van der Waals surface area (Å²) in [4.78, 5) is 34.9. The second-order valence-electron chi connectivity index (χ2n) is 9.34. The van der Waals surface area contributed by atoms with Crippen molar-refractivity contribution in [2.75, 3.05) is 5.32 Å². The smallest absolute Gasteiger partial charge is 0.227 e. The number of amides is 1. The van der Waals surface area contributed by atoms with Gasteiger partial charge in [0, 0.05) is 34.3 Å². The summed E-state index contributed by atoms with van der Waals surface area (Å²) >= 11 is 1.06. The zero-order valence-corrected chi connectivity index (χ0v) is 20.8. The lowest BCUT2D eigenvalue weighted by molar-refractivity contribution is -0.119. The minimum absolute atomic E-state index is 0.0464. The van der Waals surface area contributed by atoms with E-state index >= 15 is 0 Å². The average Bonchev–Trinajstić information content (AvgIpc) is 3.74. The number of pyridine rings is 3. The zero-order valence-electron chi connectivity index (χ0n) is 20.0. The third kappa shape index (κ3) is 4.01. The van der Waals surface area contributed by atoms with E-state index in [-0.39, 0.29) is 17.0 Å². The monoisotopic (exact) mass is 524 g/mol. The molecule has 6 aromatic heterocycles. The number of carbonyl (C=O) groups excluding carboxylic acids is 1. The maximum atomic E-state index is 13.7. The Kier molecular flexibility index (Phi) is 5.43. The molecule has 0 aliphatic heterocycles. The number of nitrogens with zero attached hydrogens (tertiary/aromatic N) is 5. The van der Waals surface area contributed by atoms with Crippen molar-refractivity contribution in [2.45, 2.75) is 25.7 Å². The minimum Gasteiger partial charge on any atom is -0.324 e. The van der Waals surface area contributed by atoms with Gasteiger partial charge in [0.1, 0.15) is 11.0 Å². The van der Waals surface area contributed by atoms with Crippen molar-refractivity contribution in [1.29, 1.82) is 0 Å². The van der Waals surface area contributed by atoms with E-state index in [9.17, 15) is 9.18 Å². The Labute approximate surface area is 219 Å². The highest BCUT2D eigenvalue weighted by Crippen LogP contribution is 2.34. The van der Waals surface area contributed by atoms with Crippen LogP contribution in [0.5, 0.6) is 0 Å². The summed E-state index contributed by atoms with van der Waals surface area (Å²) in [5, 5.41) is 10.2.